The smallest absolute Gasteiger partial charge is 0.295 e. The molecule has 9 nitrogen and oxygen atoms in total. The van der Waals surface area contributed by atoms with Crippen LogP contribution in [0.2, 0.25) is 0 Å². The van der Waals surface area contributed by atoms with Crippen LogP contribution in [0.4, 0.5) is 0 Å². The van der Waals surface area contributed by atoms with Gasteiger partial charge in [0.15, 0.2) is 11.5 Å². The van der Waals surface area contributed by atoms with Gasteiger partial charge < -0.3 is 33.7 Å². The molecule has 1 amide bonds. The summed E-state index contributed by atoms with van der Waals surface area (Å²) in [5.41, 5.74) is 0.836. The highest BCUT2D eigenvalue weighted by molar-refractivity contribution is 6.46. The van der Waals surface area contributed by atoms with E-state index in [4.69, 9.17) is 23.7 Å². The second-order valence-electron chi connectivity index (χ2n) is 7.17. The Labute approximate surface area is 192 Å². The number of Topliss-reactive ketones (excluding diaryl/α,β-unsaturated/α-hetero) is 1. The zero-order valence-electron chi connectivity index (χ0n) is 19.2. The van der Waals surface area contributed by atoms with Crippen LogP contribution < -0.4 is 18.9 Å². The third-order valence-electron chi connectivity index (χ3n) is 5.44. The Kier molecular flexibility index (Phi) is 7.44. The van der Waals surface area contributed by atoms with Crippen LogP contribution in [0.3, 0.4) is 0 Å². The van der Waals surface area contributed by atoms with Crippen molar-refractivity contribution in [3.05, 3.63) is 53.1 Å². The van der Waals surface area contributed by atoms with E-state index in [2.05, 4.69) is 0 Å². The summed E-state index contributed by atoms with van der Waals surface area (Å²) in [5.74, 6) is -0.156. The maximum absolute atomic E-state index is 13.1. The molecule has 2 aromatic rings. The summed E-state index contributed by atoms with van der Waals surface area (Å²) < 4.78 is 26.6. The molecular weight excluding hydrogens is 430 g/mol. The summed E-state index contributed by atoms with van der Waals surface area (Å²) in [5, 5.41) is 11.1. The minimum Gasteiger partial charge on any atom is -0.507 e. The minimum atomic E-state index is -0.893. The van der Waals surface area contributed by atoms with Gasteiger partial charge in [-0.3, -0.25) is 9.59 Å². The van der Waals surface area contributed by atoms with E-state index in [1.165, 1.54) is 40.4 Å². The van der Waals surface area contributed by atoms with Crippen LogP contribution >= 0.6 is 0 Å². The lowest BCUT2D eigenvalue weighted by Gasteiger charge is -2.26. The molecule has 1 aliphatic heterocycles. The molecule has 1 atom stereocenters. The van der Waals surface area contributed by atoms with E-state index in [9.17, 15) is 14.7 Å². The average Bonchev–Trinajstić information content (AvgIpc) is 3.10. The Bertz CT molecular complexity index is 1040. The molecule has 1 saturated heterocycles. The van der Waals surface area contributed by atoms with Crippen LogP contribution in [0.5, 0.6) is 23.0 Å². The number of rotatable bonds is 9. The summed E-state index contributed by atoms with van der Waals surface area (Å²) in [7, 11) is 7.46. The highest BCUT2D eigenvalue weighted by atomic mass is 16.5. The van der Waals surface area contributed by atoms with Crippen molar-refractivity contribution in [3.63, 3.8) is 0 Å². The standard InChI is InChI=1S/C24H27NO8/c1-29-11-10-25-20(15-12-17(31-3)23(33-5)18(13-15)32-4)19(22(27)24(25)28)21(26)14-6-8-16(30-2)9-7-14/h6-9,12-13,20,26H,10-11H2,1-5H3. The quantitative estimate of drug-likeness (QED) is 0.348. The minimum absolute atomic E-state index is 0.0458. The zero-order chi connectivity index (χ0) is 24.1. The number of carbonyl (C=O) groups is 2. The third-order valence-corrected chi connectivity index (χ3v) is 5.44. The van der Waals surface area contributed by atoms with Crippen molar-refractivity contribution >= 4 is 17.4 Å². The SMILES string of the molecule is COCCN1C(=O)C(=O)C(=C(O)c2ccc(OC)cc2)C1c1cc(OC)c(OC)c(OC)c1. The van der Waals surface area contributed by atoms with Gasteiger partial charge in [0.1, 0.15) is 11.5 Å². The molecule has 1 unspecified atom stereocenters. The van der Waals surface area contributed by atoms with Gasteiger partial charge >= 0.3 is 0 Å². The lowest BCUT2D eigenvalue weighted by molar-refractivity contribution is -0.140. The number of ketones is 1. The Balaban J connectivity index is 2.23. The number of ether oxygens (including phenoxy) is 5. The first-order valence-electron chi connectivity index (χ1n) is 10.1. The molecule has 1 N–H and O–H groups in total. The van der Waals surface area contributed by atoms with Crippen LogP contribution in [0.1, 0.15) is 17.2 Å². The molecule has 1 aliphatic rings. The summed E-state index contributed by atoms with van der Waals surface area (Å²) in [6.45, 7) is 0.346. The maximum atomic E-state index is 13.1. The summed E-state index contributed by atoms with van der Waals surface area (Å²) in [6, 6.07) is 8.95. The maximum Gasteiger partial charge on any atom is 0.295 e. The van der Waals surface area contributed by atoms with Crippen molar-refractivity contribution in [3.8, 4) is 23.0 Å². The van der Waals surface area contributed by atoms with Crippen molar-refractivity contribution in [2.45, 2.75) is 6.04 Å². The predicted molar refractivity (Wildman–Crippen MR) is 120 cm³/mol. The van der Waals surface area contributed by atoms with Gasteiger partial charge in [0, 0.05) is 19.2 Å². The fourth-order valence-corrected chi connectivity index (χ4v) is 3.81. The van der Waals surface area contributed by atoms with Crippen molar-refractivity contribution in [2.75, 3.05) is 48.7 Å². The van der Waals surface area contributed by atoms with Crippen molar-refractivity contribution in [1.29, 1.82) is 0 Å². The van der Waals surface area contributed by atoms with E-state index in [1.807, 2.05) is 0 Å². The summed E-state index contributed by atoms with van der Waals surface area (Å²) in [6.07, 6.45) is 0. The van der Waals surface area contributed by atoms with Crippen LogP contribution in [0, 0.1) is 0 Å². The van der Waals surface area contributed by atoms with Crippen LogP contribution in [0.15, 0.2) is 42.0 Å². The van der Waals surface area contributed by atoms with Gasteiger partial charge in [0.2, 0.25) is 5.75 Å². The Morgan fingerprint density at radius 3 is 2.00 bits per heavy atom. The molecular formula is C24H27NO8. The highest BCUT2D eigenvalue weighted by Crippen LogP contribution is 2.45. The lowest BCUT2D eigenvalue weighted by atomic mass is 9.94. The molecule has 0 spiro atoms. The van der Waals surface area contributed by atoms with Gasteiger partial charge in [0.05, 0.1) is 46.7 Å². The number of aliphatic hydroxyl groups is 1. The largest absolute Gasteiger partial charge is 0.507 e. The summed E-state index contributed by atoms with van der Waals surface area (Å²) in [4.78, 5) is 27.4. The van der Waals surface area contributed by atoms with Gasteiger partial charge in [-0.2, -0.15) is 0 Å². The van der Waals surface area contributed by atoms with Gasteiger partial charge in [-0.1, -0.05) is 0 Å². The van der Waals surface area contributed by atoms with E-state index < -0.39 is 17.7 Å². The van der Waals surface area contributed by atoms with Crippen LogP contribution in [0.25, 0.3) is 5.76 Å². The molecule has 176 valence electrons. The normalized spacial score (nSPS) is 17.2. The average molecular weight is 457 g/mol. The molecule has 9 heteroatoms. The van der Waals surface area contributed by atoms with Crippen molar-refractivity contribution in [1.82, 2.24) is 4.90 Å². The Hall–Kier alpha value is -3.72. The number of hydrogen-bond acceptors (Lipinski definition) is 8. The number of benzene rings is 2. The molecule has 3 rings (SSSR count). The number of likely N-dealkylation sites (tertiary alicyclic amines) is 1. The van der Waals surface area contributed by atoms with E-state index in [-0.39, 0.29) is 24.5 Å². The molecule has 0 saturated carbocycles. The number of nitrogens with zero attached hydrogens (tertiary/aromatic N) is 1. The first kappa shape index (κ1) is 23.9. The van der Waals surface area contributed by atoms with Gasteiger partial charge in [-0.15, -0.1) is 0 Å². The molecule has 0 aromatic heterocycles. The van der Waals surface area contributed by atoms with Gasteiger partial charge in [0.25, 0.3) is 11.7 Å². The Morgan fingerprint density at radius 1 is 0.909 bits per heavy atom. The fourth-order valence-electron chi connectivity index (χ4n) is 3.81. The number of methoxy groups -OCH3 is 5. The monoisotopic (exact) mass is 457 g/mol. The number of carbonyl (C=O) groups excluding carboxylic acids is 2. The van der Waals surface area contributed by atoms with Crippen molar-refractivity contribution < 1.29 is 38.4 Å². The lowest BCUT2D eigenvalue weighted by Crippen LogP contribution is -2.32. The molecule has 0 bridgehead atoms. The topological polar surface area (TPSA) is 104 Å². The van der Waals surface area contributed by atoms with Crippen LogP contribution in [-0.4, -0.2) is 70.4 Å². The van der Waals surface area contributed by atoms with Gasteiger partial charge in [-0.25, -0.2) is 0 Å². The van der Waals surface area contributed by atoms with Crippen molar-refractivity contribution in [2.24, 2.45) is 0 Å². The third kappa shape index (κ3) is 4.45. The van der Waals surface area contributed by atoms with Crippen LogP contribution in [-0.2, 0) is 14.3 Å². The number of hydrogen-bond donors (Lipinski definition) is 1. The zero-order valence-corrected chi connectivity index (χ0v) is 19.2. The number of amides is 1. The molecule has 33 heavy (non-hydrogen) atoms. The molecule has 2 aromatic carbocycles. The second kappa shape index (κ2) is 10.3. The molecule has 0 aliphatic carbocycles. The second-order valence-corrected chi connectivity index (χ2v) is 7.17. The van der Waals surface area contributed by atoms with E-state index in [1.54, 1.807) is 36.4 Å². The molecule has 1 heterocycles. The first-order chi connectivity index (χ1) is 15.9. The van der Waals surface area contributed by atoms with Gasteiger partial charge in [-0.05, 0) is 42.0 Å². The number of aliphatic hydroxyl groups excluding tert-OH is 1. The highest BCUT2D eigenvalue weighted by Gasteiger charge is 2.46. The van der Waals surface area contributed by atoms with E-state index >= 15 is 0 Å². The molecule has 1 fully saturated rings. The van der Waals surface area contributed by atoms with E-state index in [0.29, 0.717) is 34.1 Å². The Morgan fingerprint density at radius 2 is 1.52 bits per heavy atom. The predicted octanol–water partition coefficient (Wildman–Crippen LogP) is 2.79. The first-order valence-corrected chi connectivity index (χ1v) is 10.1. The molecule has 0 radical (unpaired) electrons. The fraction of sp³-hybridized carbons (Fsp3) is 0.333. The summed E-state index contributed by atoms with van der Waals surface area (Å²) >= 11 is 0. The van der Waals surface area contributed by atoms with E-state index in [0.717, 1.165) is 0 Å².